The van der Waals surface area contributed by atoms with Crippen molar-refractivity contribution in [2.45, 2.75) is 24.5 Å². The average molecular weight is 272 g/mol. The molecule has 2 aliphatic rings. The summed E-state index contributed by atoms with van der Waals surface area (Å²) < 4.78 is 16.2. The van der Waals surface area contributed by atoms with E-state index in [1.165, 1.54) is 10.8 Å². The van der Waals surface area contributed by atoms with Gasteiger partial charge in [-0.3, -0.25) is 9.13 Å². The van der Waals surface area contributed by atoms with E-state index in [0.29, 0.717) is 24.1 Å². The molecule has 1 N–H and O–H groups in total. The van der Waals surface area contributed by atoms with Crippen LogP contribution in [0, 0.1) is 0 Å². The third-order valence-corrected chi connectivity index (χ3v) is 3.63. The lowest BCUT2D eigenvalue weighted by Crippen LogP contribution is -2.43. The van der Waals surface area contributed by atoms with Gasteiger partial charge in [0.2, 0.25) is 0 Å². The Labute approximate surface area is 110 Å². The summed E-state index contributed by atoms with van der Waals surface area (Å²) in [6, 6.07) is 0.0921. The van der Waals surface area contributed by atoms with Crippen LogP contribution in [0.4, 0.5) is 0 Å². The molecule has 3 rings (SSSR count). The second kappa shape index (κ2) is 4.44. The minimum atomic E-state index is -0.791. The van der Waals surface area contributed by atoms with Gasteiger partial charge in [0.15, 0.2) is 12.5 Å². The van der Waals surface area contributed by atoms with E-state index in [1.807, 2.05) is 0 Å². The maximum atomic E-state index is 12.4. The third kappa shape index (κ3) is 1.76. The molecule has 0 saturated carbocycles. The Morgan fingerprint density at radius 3 is 3.06 bits per heavy atom. The summed E-state index contributed by atoms with van der Waals surface area (Å²) in [5, 5.41) is 1.67. The molecule has 1 aromatic heterocycles. The molecule has 0 bridgehead atoms. The van der Waals surface area contributed by atoms with E-state index in [1.54, 1.807) is 11.6 Å². The van der Waals surface area contributed by atoms with Gasteiger partial charge in [-0.05, 0) is 12.8 Å². The molecule has 0 aromatic carbocycles. The summed E-state index contributed by atoms with van der Waals surface area (Å²) in [5.41, 5.74) is -0.334. The minimum absolute atomic E-state index is 0.0921. The Balaban J connectivity index is 2.22. The predicted molar refractivity (Wildman–Crippen MR) is 66.8 cm³/mol. The first kappa shape index (κ1) is 10.6. The van der Waals surface area contributed by atoms with Crippen molar-refractivity contribution in [1.29, 1.82) is 0 Å². The number of aromatic nitrogens is 2. The fraction of sp³-hybridized carbons (Fsp3) is 0.636. The second-order valence-electron chi connectivity index (χ2n) is 4.48. The molecule has 18 heavy (non-hydrogen) atoms. The molecular formula is C11H15ClN4O2. The maximum absolute atomic E-state index is 12.4. The maximum Gasteiger partial charge on any atom is 0.330 e. The number of imidazole rings is 1. The van der Waals surface area contributed by atoms with Crippen LogP contribution in [0.5, 0.6) is 0 Å². The van der Waals surface area contributed by atoms with Gasteiger partial charge in [-0.1, -0.05) is 11.6 Å². The van der Waals surface area contributed by atoms with Crippen LogP contribution in [0.2, 0.25) is 1.41 Å². The molecule has 7 heteroatoms. The van der Waals surface area contributed by atoms with Gasteiger partial charge in [0.25, 0.3) is 0 Å². The molecule has 3 heterocycles. The lowest BCUT2D eigenvalue weighted by Gasteiger charge is -2.22. The van der Waals surface area contributed by atoms with Crippen LogP contribution in [0.1, 0.15) is 18.9 Å². The number of nitrogens with zero attached hydrogens (tertiary/aromatic N) is 3. The number of fused-ring (bicyclic) bond motifs is 1. The first-order valence-corrected chi connectivity index (χ1v) is 6.39. The number of halogens is 1. The zero-order valence-corrected chi connectivity index (χ0v) is 10.8. The minimum Gasteiger partial charge on any atom is -0.381 e. The number of ether oxygens (including phenoxy) is 1. The molecule has 1 fully saturated rings. The molecule has 1 unspecified atom stereocenters. The topological polar surface area (TPSA) is 60.6 Å². The van der Waals surface area contributed by atoms with Gasteiger partial charge in [-0.2, -0.15) is 0 Å². The van der Waals surface area contributed by atoms with E-state index in [0.717, 1.165) is 18.2 Å². The molecule has 6 nitrogen and oxygen atoms in total. The molecule has 0 radical (unpaired) electrons. The van der Waals surface area contributed by atoms with Crippen molar-refractivity contribution < 1.29 is 6.15 Å². The van der Waals surface area contributed by atoms with Crippen LogP contribution in [0.25, 0.3) is 6.20 Å². The Morgan fingerprint density at radius 2 is 2.33 bits per heavy atom. The summed E-state index contributed by atoms with van der Waals surface area (Å²) in [4.78, 5) is 16.6. The third-order valence-electron chi connectivity index (χ3n) is 3.42. The van der Waals surface area contributed by atoms with Gasteiger partial charge in [-0.25, -0.2) is 9.79 Å². The summed E-state index contributed by atoms with van der Waals surface area (Å²) >= 11 is 5.96. The molecular weight excluding hydrogens is 256 g/mol. The fourth-order valence-corrected chi connectivity index (χ4v) is 2.59. The van der Waals surface area contributed by atoms with Crippen LogP contribution in [-0.4, -0.2) is 28.0 Å². The summed E-state index contributed by atoms with van der Waals surface area (Å²) in [7, 11) is 1.69. The first-order chi connectivity index (χ1) is 9.09. The van der Waals surface area contributed by atoms with Gasteiger partial charge in [0, 0.05) is 32.5 Å². The molecule has 0 amide bonds. The number of nitrogens with one attached hydrogen (secondary N) is 1. The molecule has 1 saturated heterocycles. The Kier molecular flexibility index (Phi) is 2.62. The van der Waals surface area contributed by atoms with Gasteiger partial charge in [0.1, 0.15) is 5.35 Å². The van der Waals surface area contributed by atoms with Crippen molar-refractivity contribution in [2.75, 3.05) is 13.2 Å². The number of hydrogen-bond donors (Lipinski definition) is 1. The quantitative estimate of drug-likeness (QED) is 0.528. The fourth-order valence-electron chi connectivity index (χ4n) is 2.44. The molecule has 98 valence electrons. The molecule has 1 atom stereocenters. The van der Waals surface area contributed by atoms with Crippen LogP contribution in [0.15, 0.2) is 9.79 Å². The number of rotatable bonds is 1. The number of hydrogen-bond acceptors (Lipinski definition) is 4. The van der Waals surface area contributed by atoms with Gasteiger partial charge < -0.3 is 10.0 Å². The normalized spacial score (nSPS) is 25.1. The van der Waals surface area contributed by atoms with Crippen LogP contribution < -0.4 is 21.8 Å². The highest BCUT2D eigenvalue weighted by Gasteiger charge is 2.22. The molecule has 0 spiro atoms. The van der Waals surface area contributed by atoms with Crippen molar-refractivity contribution >= 4 is 17.8 Å². The first-order valence-electron chi connectivity index (χ1n) is 6.40. The predicted octanol–water partition coefficient (Wildman–Crippen LogP) is -0.978. The average Bonchev–Trinajstić information content (AvgIpc) is 2.64. The highest BCUT2D eigenvalue weighted by atomic mass is 35.5. The Bertz CT molecular complexity index is 661. The van der Waals surface area contributed by atoms with Crippen molar-refractivity contribution in [1.82, 2.24) is 14.4 Å². The Morgan fingerprint density at radius 1 is 1.61 bits per heavy atom. The number of alkyl halides is 1. The second-order valence-corrected chi connectivity index (χ2v) is 4.87. The van der Waals surface area contributed by atoms with Gasteiger partial charge in [-0.15, -0.1) is 0 Å². The van der Waals surface area contributed by atoms with Crippen molar-refractivity contribution in [3.8, 4) is 0 Å². The Hall–Kier alpha value is -1.27. The van der Waals surface area contributed by atoms with Crippen LogP contribution in [-0.2, 0) is 11.8 Å². The van der Waals surface area contributed by atoms with Crippen molar-refractivity contribution in [3.05, 3.63) is 21.3 Å². The van der Waals surface area contributed by atoms with Gasteiger partial charge in [0.05, 0.1) is 0 Å². The zero-order chi connectivity index (χ0) is 13.6. The van der Waals surface area contributed by atoms with E-state index < -0.39 is 5.62 Å². The smallest absolute Gasteiger partial charge is 0.330 e. The van der Waals surface area contributed by atoms with E-state index >= 15 is 0 Å². The summed E-state index contributed by atoms with van der Waals surface area (Å²) in [6.45, 7) is 1.30. The lowest BCUT2D eigenvalue weighted by atomic mass is 10.1. The molecule has 1 aromatic rings. The molecule has 2 aliphatic heterocycles. The summed E-state index contributed by atoms with van der Waals surface area (Å²) in [6.07, 6.45) is 3.13. The SMILES string of the molecule is [2H]N1C=c2c(n(C3CCOCC3)c(=O)n2C)=NC1Cl. The monoisotopic (exact) mass is 271 g/mol. The summed E-state index contributed by atoms with van der Waals surface area (Å²) in [5.74, 6) is 0. The zero-order valence-electron chi connectivity index (χ0n) is 11.0. The lowest BCUT2D eigenvalue weighted by molar-refractivity contribution is 0.0675. The van der Waals surface area contributed by atoms with E-state index in [-0.39, 0.29) is 11.7 Å². The molecule has 0 aliphatic carbocycles. The van der Waals surface area contributed by atoms with E-state index in [9.17, 15) is 4.79 Å². The van der Waals surface area contributed by atoms with Crippen molar-refractivity contribution in [3.63, 3.8) is 0 Å². The van der Waals surface area contributed by atoms with E-state index in [4.69, 9.17) is 17.7 Å². The largest absolute Gasteiger partial charge is 0.381 e. The highest BCUT2D eigenvalue weighted by molar-refractivity contribution is 6.20. The van der Waals surface area contributed by atoms with Crippen molar-refractivity contribution in [2.24, 2.45) is 12.0 Å². The standard InChI is InChI=1S/C11H15ClN4O2/c1-15-8-6-13-10(12)14-9(8)16(11(15)17)7-2-4-18-5-3-7/h6-7,10,13H,2-5H2,1H3/i/hD. The van der Waals surface area contributed by atoms with Gasteiger partial charge >= 0.3 is 5.69 Å². The van der Waals surface area contributed by atoms with Crippen LogP contribution in [0.3, 0.4) is 0 Å². The highest BCUT2D eigenvalue weighted by Crippen LogP contribution is 2.17. The van der Waals surface area contributed by atoms with E-state index in [2.05, 4.69) is 4.99 Å². The van der Waals surface area contributed by atoms with Crippen LogP contribution >= 0.6 is 11.6 Å².